The molecule has 0 aromatic rings. The maximum atomic E-state index is 4.27. The van der Waals surface area contributed by atoms with E-state index < -0.39 is 0 Å². The Morgan fingerprint density at radius 3 is 2.62 bits per heavy atom. The number of hydrogen-bond acceptors (Lipinski definition) is 0. The molecule has 0 aromatic heterocycles. The first kappa shape index (κ1) is 15.4. The minimum absolute atomic E-state index is 0. The van der Waals surface area contributed by atoms with E-state index in [1.54, 1.807) is 0 Å². The fourth-order valence-corrected chi connectivity index (χ4v) is 6.55. The zero-order valence-electron chi connectivity index (χ0n) is 13.3. The molecule has 0 saturated heterocycles. The number of hydrogen-bond donors (Lipinski definition) is 0. The summed E-state index contributed by atoms with van der Waals surface area (Å²) < 4.78 is 0. The van der Waals surface area contributed by atoms with E-state index in [-0.39, 0.29) is 7.43 Å². The molecule has 4 aliphatic carbocycles. The zero-order valence-corrected chi connectivity index (χ0v) is 13.3. The van der Waals surface area contributed by atoms with Gasteiger partial charge in [-0.05, 0) is 93.3 Å². The first-order valence-corrected chi connectivity index (χ1v) is 9.00. The van der Waals surface area contributed by atoms with E-state index in [1.165, 1.54) is 50.5 Å². The first-order valence-electron chi connectivity index (χ1n) is 9.00. The first-order chi connectivity index (χ1) is 9.65. The zero-order chi connectivity index (χ0) is 13.9. The van der Waals surface area contributed by atoms with Crippen LogP contribution < -0.4 is 0 Å². The Morgan fingerprint density at radius 1 is 1.05 bits per heavy atom. The summed E-state index contributed by atoms with van der Waals surface area (Å²) in [4.78, 5) is 0. The Morgan fingerprint density at radius 2 is 1.86 bits per heavy atom. The van der Waals surface area contributed by atoms with E-state index in [1.807, 2.05) is 5.57 Å². The average molecular weight is 287 g/mol. The summed E-state index contributed by atoms with van der Waals surface area (Å²) in [6, 6.07) is 0. The predicted octanol–water partition coefficient (Wildman–Crippen LogP) is 6.24. The lowest BCUT2D eigenvalue weighted by Crippen LogP contribution is -2.34. The molecule has 0 bridgehead atoms. The van der Waals surface area contributed by atoms with E-state index in [0.29, 0.717) is 0 Å². The molecule has 4 rings (SSSR count). The standard InChI is InChI=1S/C20H30.CH4/c1-12(2)15-6-7-18-16(15)8-9-19-17(18)5-4-14-10-13(3)11-20(14)19;/h9,13-18,20H,1,4-8,10-11H2,2-3H3;1H4. The van der Waals surface area contributed by atoms with Gasteiger partial charge in [0.25, 0.3) is 0 Å². The summed E-state index contributed by atoms with van der Waals surface area (Å²) in [5.41, 5.74) is 3.38. The van der Waals surface area contributed by atoms with Gasteiger partial charge in [0.05, 0.1) is 0 Å². The summed E-state index contributed by atoms with van der Waals surface area (Å²) in [5, 5.41) is 0. The summed E-state index contributed by atoms with van der Waals surface area (Å²) in [7, 11) is 0. The molecule has 0 N–H and O–H groups in total. The van der Waals surface area contributed by atoms with E-state index in [4.69, 9.17) is 0 Å². The molecule has 21 heavy (non-hydrogen) atoms. The maximum absolute atomic E-state index is 4.27. The van der Waals surface area contributed by atoms with Crippen molar-refractivity contribution in [1.82, 2.24) is 0 Å². The second-order valence-electron chi connectivity index (χ2n) is 8.42. The molecule has 3 saturated carbocycles. The van der Waals surface area contributed by atoms with Crippen LogP contribution in [0.2, 0.25) is 0 Å². The average Bonchev–Trinajstić information content (AvgIpc) is 2.99. The summed E-state index contributed by atoms with van der Waals surface area (Å²) in [6.45, 7) is 9.02. The van der Waals surface area contributed by atoms with Crippen molar-refractivity contribution >= 4 is 0 Å². The highest BCUT2D eigenvalue weighted by molar-refractivity contribution is 5.24. The van der Waals surface area contributed by atoms with Crippen LogP contribution in [-0.2, 0) is 0 Å². The quantitative estimate of drug-likeness (QED) is 0.500. The molecule has 118 valence electrons. The molecule has 0 heterocycles. The summed E-state index contributed by atoms with van der Waals surface area (Å²) >= 11 is 0. The third-order valence-electron chi connectivity index (χ3n) is 7.29. The molecule has 0 radical (unpaired) electrons. The smallest absolute Gasteiger partial charge is 0.0169 e. The topological polar surface area (TPSA) is 0 Å². The number of rotatable bonds is 1. The summed E-state index contributed by atoms with van der Waals surface area (Å²) in [6.07, 6.45) is 13.0. The Bertz CT molecular complexity index is 443. The highest BCUT2D eigenvalue weighted by atomic mass is 14.5. The van der Waals surface area contributed by atoms with Gasteiger partial charge in [0.15, 0.2) is 0 Å². The van der Waals surface area contributed by atoms with Crippen molar-refractivity contribution in [1.29, 1.82) is 0 Å². The second-order valence-corrected chi connectivity index (χ2v) is 8.42. The van der Waals surface area contributed by atoms with Crippen LogP contribution in [-0.4, -0.2) is 0 Å². The van der Waals surface area contributed by atoms with Crippen molar-refractivity contribution in [3.05, 3.63) is 23.8 Å². The molecule has 0 heteroatoms. The third kappa shape index (κ3) is 2.34. The van der Waals surface area contributed by atoms with Gasteiger partial charge in [0.2, 0.25) is 0 Å². The SMILES string of the molecule is C.C=C(C)C1CCC2C3CCC4CC(C)CC4C3=CCC12. The van der Waals surface area contributed by atoms with E-state index in [2.05, 4.69) is 26.5 Å². The molecule has 7 unspecified atom stereocenters. The van der Waals surface area contributed by atoms with Crippen LogP contribution in [0.5, 0.6) is 0 Å². The van der Waals surface area contributed by atoms with Crippen molar-refractivity contribution in [3.63, 3.8) is 0 Å². The molecule has 0 nitrogen and oxygen atoms in total. The molecular weight excluding hydrogens is 252 g/mol. The van der Waals surface area contributed by atoms with Crippen LogP contribution in [0.25, 0.3) is 0 Å². The highest BCUT2D eigenvalue weighted by Crippen LogP contribution is 2.58. The van der Waals surface area contributed by atoms with Crippen LogP contribution in [0.3, 0.4) is 0 Å². The highest BCUT2D eigenvalue weighted by Gasteiger charge is 2.49. The number of fused-ring (bicyclic) bond motifs is 5. The predicted molar refractivity (Wildman–Crippen MR) is 92.1 cm³/mol. The Hall–Kier alpha value is -0.520. The van der Waals surface area contributed by atoms with E-state index in [9.17, 15) is 0 Å². The minimum Gasteiger partial charge on any atom is -0.0999 e. The Kier molecular flexibility index (Phi) is 4.10. The molecule has 3 fully saturated rings. The second kappa shape index (κ2) is 5.60. The van der Waals surface area contributed by atoms with Crippen molar-refractivity contribution in [3.8, 4) is 0 Å². The Balaban J connectivity index is 0.00000132. The monoisotopic (exact) mass is 286 g/mol. The molecule has 0 aromatic carbocycles. The molecule has 4 aliphatic rings. The van der Waals surface area contributed by atoms with Crippen LogP contribution in [0.4, 0.5) is 0 Å². The summed E-state index contributed by atoms with van der Waals surface area (Å²) in [5.74, 6) is 6.75. The van der Waals surface area contributed by atoms with Gasteiger partial charge >= 0.3 is 0 Å². The van der Waals surface area contributed by atoms with Gasteiger partial charge in [-0.25, -0.2) is 0 Å². The van der Waals surface area contributed by atoms with Gasteiger partial charge in [0.1, 0.15) is 0 Å². The molecule has 0 spiro atoms. The van der Waals surface area contributed by atoms with Gasteiger partial charge < -0.3 is 0 Å². The van der Waals surface area contributed by atoms with Gasteiger partial charge in [0, 0.05) is 0 Å². The van der Waals surface area contributed by atoms with Crippen molar-refractivity contribution in [2.24, 2.45) is 41.4 Å². The minimum atomic E-state index is 0. The number of allylic oxidation sites excluding steroid dienone is 3. The molecule has 7 atom stereocenters. The largest absolute Gasteiger partial charge is 0.0999 e. The fourth-order valence-electron chi connectivity index (χ4n) is 6.55. The maximum Gasteiger partial charge on any atom is -0.0169 e. The van der Waals surface area contributed by atoms with Crippen LogP contribution in [0.15, 0.2) is 23.8 Å². The van der Waals surface area contributed by atoms with Gasteiger partial charge in [-0.2, -0.15) is 0 Å². The lowest BCUT2D eigenvalue weighted by molar-refractivity contribution is 0.173. The van der Waals surface area contributed by atoms with E-state index in [0.717, 1.165) is 41.4 Å². The fraction of sp³-hybridized carbons (Fsp3) is 0.810. The van der Waals surface area contributed by atoms with Gasteiger partial charge in [-0.1, -0.05) is 38.2 Å². The van der Waals surface area contributed by atoms with Gasteiger partial charge in [-0.3, -0.25) is 0 Å². The van der Waals surface area contributed by atoms with Crippen LogP contribution >= 0.6 is 0 Å². The molecule has 0 amide bonds. The van der Waals surface area contributed by atoms with Crippen LogP contribution in [0.1, 0.15) is 66.2 Å². The molecular formula is C21H34. The van der Waals surface area contributed by atoms with Crippen molar-refractivity contribution in [2.45, 2.75) is 66.2 Å². The lowest BCUT2D eigenvalue weighted by atomic mass is 9.61. The van der Waals surface area contributed by atoms with Gasteiger partial charge in [-0.15, -0.1) is 0 Å². The van der Waals surface area contributed by atoms with Crippen molar-refractivity contribution < 1.29 is 0 Å². The molecule has 0 aliphatic heterocycles. The lowest BCUT2D eigenvalue weighted by Gasteiger charge is -2.44. The van der Waals surface area contributed by atoms with Crippen LogP contribution in [0, 0.1) is 41.4 Å². The Labute approximate surface area is 132 Å². The van der Waals surface area contributed by atoms with E-state index >= 15 is 0 Å². The van der Waals surface area contributed by atoms with Crippen molar-refractivity contribution in [2.75, 3.05) is 0 Å². The third-order valence-corrected chi connectivity index (χ3v) is 7.29. The normalized spacial score (nSPS) is 47.7.